The van der Waals surface area contributed by atoms with Crippen LogP contribution in [0.2, 0.25) is 0 Å². The topological polar surface area (TPSA) is 97.0 Å². The first-order valence-electron chi connectivity index (χ1n) is 13.9. The van der Waals surface area contributed by atoms with E-state index in [2.05, 4.69) is 32.8 Å². The number of halogens is 1. The number of amides is 3. The van der Waals surface area contributed by atoms with Crippen molar-refractivity contribution in [2.24, 2.45) is 0 Å². The predicted octanol–water partition coefficient (Wildman–Crippen LogP) is 3.26. The summed E-state index contributed by atoms with van der Waals surface area (Å²) in [6.07, 6.45) is 0.185. The summed E-state index contributed by atoms with van der Waals surface area (Å²) >= 11 is 0. The first-order chi connectivity index (χ1) is 20.2. The third-order valence-electron chi connectivity index (χ3n) is 7.69. The first kappa shape index (κ1) is 29.0. The number of hydrogen-bond donors (Lipinski definition) is 3. The fraction of sp³-hybridized carbons (Fsp3) is 0.281. The SMILES string of the molecule is CNC(=O)Cc1cccc(C(Nc2ccc(N(C)C(=O)CN3CCN(C)CC3)cc2)=C2C(=O)Nc3cc(F)ccc32)c1. The number of rotatable bonds is 8. The van der Waals surface area contributed by atoms with Gasteiger partial charge < -0.3 is 25.8 Å². The van der Waals surface area contributed by atoms with Crippen molar-refractivity contribution in [3.05, 3.63) is 89.2 Å². The molecule has 42 heavy (non-hydrogen) atoms. The van der Waals surface area contributed by atoms with Crippen molar-refractivity contribution in [2.45, 2.75) is 6.42 Å². The van der Waals surface area contributed by atoms with Crippen LogP contribution in [0.25, 0.3) is 11.3 Å². The van der Waals surface area contributed by atoms with Gasteiger partial charge in [-0.1, -0.05) is 18.2 Å². The molecule has 0 bridgehead atoms. The lowest BCUT2D eigenvalue weighted by Gasteiger charge is -2.32. The number of likely N-dealkylation sites (N-methyl/N-ethyl adjacent to an activating group) is 3. The van der Waals surface area contributed by atoms with Gasteiger partial charge in [-0.2, -0.15) is 0 Å². The van der Waals surface area contributed by atoms with E-state index in [0.29, 0.717) is 40.3 Å². The van der Waals surface area contributed by atoms with E-state index >= 15 is 0 Å². The second-order valence-electron chi connectivity index (χ2n) is 10.6. The van der Waals surface area contributed by atoms with Gasteiger partial charge in [-0.25, -0.2) is 4.39 Å². The number of piperazine rings is 1. The highest BCUT2D eigenvalue weighted by Crippen LogP contribution is 2.38. The molecule has 2 aliphatic heterocycles. The number of fused-ring (bicyclic) bond motifs is 1. The summed E-state index contributed by atoms with van der Waals surface area (Å²) in [4.78, 5) is 44.3. The molecule has 0 atom stereocenters. The molecule has 10 heteroatoms. The third-order valence-corrected chi connectivity index (χ3v) is 7.69. The standard InChI is InChI=1S/C32H35FN6O3/c1-34-28(40)18-21-5-4-6-22(17-21)31(30-26-12-7-23(33)19-27(26)36-32(30)42)35-24-8-10-25(11-9-24)38(3)29(41)20-39-15-13-37(2)14-16-39/h4-12,17,19,35H,13-16,18,20H2,1-3H3,(H,34,40)(H,36,42). The summed E-state index contributed by atoms with van der Waals surface area (Å²) in [6.45, 7) is 3.99. The van der Waals surface area contributed by atoms with E-state index in [0.717, 1.165) is 37.4 Å². The summed E-state index contributed by atoms with van der Waals surface area (Å²) in [7, 11) is 5.44. The van der Waals surface area contributed by atoms with Crippen LogP contribution in [0.4, 0.5) is 21.5 Å². The predicted molar refractivity (Wildman–Crippen MR) is 163 cm³/mol. The van der Waals surface area contributed by atoms with E-state index in [1.54, 1.807) is 25.1 Å². The largest absolute Gasteiger partial charge is 0.359 e. The Balaban J connectivity index is 1.43. The van der Waals surface area contributed by atoms with E-state index < -0.39 is 5.82 Å². The van der Waals surface area contributed by atoms with Gasteiger partial charge in [-0.05, 0) is 66.7 Å². The van der Waals surface area contributed by atoms with Crippen LogP contribution in [0.1, 0.15) is 16.7 Å². The zero-order valence-electron chi connectivity index (χ0n) is 24.0. The smallest absolute Gasteiger partial charge is 0.258 e. The highest BCUT2D eigenvalue weighted by atomic mass is 19.1. The number of benzene rings is 3. The van der Waals surface area contributed by atoms with E-state index in [9.17, 15) is 18.8 Å². The van der Waals surface area contributed by atoms with E-state index in [1.807, 2.05) is 48.5 Å². The second kappa shape index (κ2) is 12.5. The van der Waals surface area contributed by atoms with Crippen LogP contribution in [0.5, 0.6) is 0 Å². The van der Waals surface area contributed by atoms with Gasteiger partial charge in [0.1, 0.15) is 5.82 Å². The Morgan fingerprint density at radius 1 is 1.00 bits per heavy atom. The number of carbonyl (C=O) groups excluding carboxylic acids is 3. The number of nitrogens with zero attached hydrogens (tertiary/aromatic N) is 3. The van der Waals surface area contributed by atoms with Gasteiger partial charge in [0.05, 0.1) is 29.9 Å². The van der Waals surface area contributed by atoms with Crippen LogP contribution in [0, 0.1) is 5.82 Å². The van der Waals surface area contributed by atoms with Crippen molar-refractivity contribution in [1.82, 2.24) is 15.1 Å². The van der Waals surface area contributed by atoms with Crippen LogP contribution >= 0.6 is 0 Å². The summed E-state index contributed by atoms with van der Waals surface area (Å²) in [5.41, 5.74) is 4.78. The molecule has 5 rings (SSSR count). The molecule has 0 radical (unpaired) electrons. The van der Waals surface area contributed by atoms with E-state index in [-0.39, 0.29) is 24.1 Å². The van der Waals surface area contributed by atoms with Crippen molar-refractivity contribution in [3.8, 4) is 0 Å². The lowest BCUT2D eigenvalue weighted by atomic mass is 9.98. The van der Waals surface area contributed by atoms with Crippen LogP contribution in [-0.2, 0) is 20.8 Å². The summed E-state index contributed by atoms with van der Waals surface area (Å²) in [5, 5.41) is 8.78. The molecule has 3 aromatic carbocycles. The first-order valence-corrected chi connectivity index (χ1v) is 13.9. The fourth-order valence-corrected chi connectivity index (χ4v) is 5.14. The van der Waals surface area contributed by atoms with Gasteiger partial charge in [0.2, 0.25) is 11.8 Å². The summed E-state index contributed by atoms with van der Waals surface area (Å²) < 4.78 is 13.9. The molecule has 0 spiro atoms. The Morgan fingerprint density at radius 3 is 2.45 bits per heavy atom. The Morgan fingerprint density at radius 2 is 1.74 bits per heavy atom. The summed E-state index contributed by atoms with van der Waals surface area (Å²) in [6, 6.07) is 19.0. The number of anilines is 3. The van der Waals surface area contributed by atoms with E-state index in [4.69, 9.17) is 0 Å². The average molecular weight is 571 g/mol. The van der Waals surface area contributed by atoms with Crippen molar-refractivity contribution in [3.63, 3.8) is 0 Å². The Labute approximate surface area is 245 Å². The maximum atomic E-state index is 13.9. The zero-order valence-corrected chi connectivity index (χ0v) is 24.0. The van der Waals surface area contributed by atoms with Gasteiger partial charge in [0, 0.05) is 57.2 Å². The summed E-state index contributed by atoms with van der Waals surface area (Å²) in [5.74, 6) is -0.919. The molecule has 3 N–H and O–H groups in total. The molecule has 1 fully saturated rings. The Bertz CT molecular complexity index is 1530. The van der Waals surface area contributed by atoms with Crippen LogP contribution in [0.3, 0.4) is 0 Å². The molecule has 0 aromatic heterocycles. The maximum Gasteiger partial charge on any atom is 0.258 e. The molecule has 3 amide bonds. The Hall–Kier alpha value is -4.54. The van der Waals surface area contributed by atoms with Crippen molar-refractivity contribution < 1.29 is 18.8 Å². The monoisotopic (exact) mass is 570 g/mol. The molecular weight excluding hydrogens is 535 g/mol. The normalized spacial score (nSPS) is 16.4. The lowest BCUT2D eigenvalue weighted by molar-refractivity contribution is -0.120. The molecular formula is C32H35FN6O3. The second-order valence-corrected chi connectivity index (χ2v) is 10.6. The minimum Gasteiger partial charge on any atom is -0.359 e. The number of nitrogens with one attached hydrogen (secondary N) is 3. The van der Waals surface area contributed by atoms with Gasteiger partial charge in [-0.3, -0.25) is 19.3 Å². The van der Waals surface area contributed by atoms with Gasteiger partial charge >= 0.3 is 0 Å². The average Bonchev–Trinajstić information content (AvgIpc) is 3.31. The van der Waals surface area contributed by atoms with Crippen molar-refractivity contribution in [2.75, 3.05) is 69.4 Å². The minimum atomic E-state index is -0.445. The van der Waals surface area contributed by atoms with E-state index in [1.165, 1.54) is 12.1 Å². The van der Waals surface area contributed by atoms with Gasteiger partial charge in [0.25, 0.3) is 5.91 Å². The maximum absolute atomic E-state index is 13.9. The van der Waals surface area contributed by atoms with Gasteiger partial charge in [-0.15, -0.1) is 0 Å². The molecule has 2 heterocycles. The lowest BCUT2D eigenvalue weighted by Crippen LogP contribution is -2.48. The third kappa shape index (κ3) is 6.50. The quantitative estimate of drug-likeness (QED) is 0.360. The highest BCUT2D eigenvalue weighted by Gasteiger charge is 2.29. The fourth-order valence-electron chi connectivity index (χ4n) is 5.14. The zero-order chi connectivity index (χ0) is 29.8. The molecule has 0 unspecified atom stereocenters. The van der Waals surface area contributed by atoms with Crippen LogP contribution in [-0.4, -0.2) is 81.4 Å². The van der Waals surface area contributed by atoms with Crippen LogP contribution in [0.15, 0.2) is 66.7 Å². The molecule has 218 valence electrons. The Kier molecular flexibility index (Phi) is 8.65. The molecule has 1 saturated heterocycles. The number of hydrogen-bond acceptors (Lipinski definition) is 6. The van der Waals surface area contributed by atoms with Crippen molar-refractivity contribution in [1.29, 1.82) is 0 Å². The molecule has 3 aromatic rings. The van der Waals surface area contributed by atoms with Crippen molar-refractivity contribution >= 4 is 46.1 Å². The molecule has 9 nitrogen and oxygen atoms in total. The molecule has 0 saturated carbocycles. The molecule has 2 aliphatic rings. The van der Waals surface area contributed by atoms with Gasteiger partial charge in [0.15, 0.2) is 0 Å². The molecule has 0 aliphatic carbocycles. The number of carbonyl (C=O) groups is 3. The highest BCUT2D eigenvalue weighted by molar-refractivity contribution is 6.37. The van der Waals surface area contributed by atoms with Crippen LogP contribution < -0.4 is 20.9 Å². The minimum absolute atomic E-state index is 0.0162.